The lowest BCUT2D eigenvalue weighted by atomic mass is 9.92. The second kappa shape index (κ2) is 31.2. The minimum atomic E-state index is -2.32. The molecule has 0 aromatic rings. The molecule has 87 heavy (non-hydrogen) atoms. The molecule has 7 aliphatic heterocycles. The molecule has 0 aromatic carbocycles. The first-order valence-corrected chi connectivity index (χ1v) is 27.9. The maximum atomic E-state index is 12.7. The number of ether oxygens (including phenoxy) is 13. The van der Waals surface area contributed by atoms with Gasteiger partial charge in [-0.25, -0.2) is 0 Å². The van der Waals surface area contributed by atoms with E-state index in [1.807, 2.05) is 0 Å². The van der Waals surface area contributed by atoms with E-state index in [0.717, 1.165) is 20.8 Å². The van der Waals surface area contributed by atoms with Crippen molar-refractivity contribution in [3.05, 3.63) is 0 Å². The Morgan fingerprint density at radius 2 is 0.621 bits per heavy atom. The quantitative estimate of drug-likeness (QED) is 0.0479. The summed E-state index contributed by atoms with van der Waals surface area (Å²) in [6.45, 7) is -2.10. The average Bonchev–Trinajstić information content (AvgIpc) is 1.01. The van der Waals surface area contributed by atoms with Crippen LogP contribution in [0.5, 0.6) is 0 Å². The van der Waals surface area contributed by atoms with Gasteiger partial charge in [0.2, 0.25) is 17.7 Å². The fourth-order valence-electron chi connectivity index (χ4n) is 11.3. The lowest BCUT2D eigenvalue weighted by Gasteiger charge is -2.50. The third kappa shape index (κ3) is 15.8. The number of aliphatic hydroxyl groups is 19. The topological polar surface area (TPSA) is 592 Å². The molecule has 0 bridgehead atoms. The van der Waals surface area contributed by atoms with Gasteiger partial charge in [-0.3, -0.25) is 14.4 Å². The Morgan fingerprint density at radius 3 is 1.03 bits per heavy atom. The van der Waals surface area contributed by atoms with Gasteiger partial charge in [0.05, 0.1) is 58.4 Å². The van der Waals surface area contributed by atoms with Crippen molar-refractivity contribution in [2.24, 2.45) is 0 Å². The number of carbonyl (C=O) groups is 3. The minimum Gasteiger partial charge on any atom is -0.394 e. The zero-order valence-electron chi connectivity index (χ0n) is 47.2. The summed E-state index contributed by atoms with van der Waals surface area (Å²) in [5.41, 5.74) is 0. The van der Waals surface area contributed by atoms with Crippen LogP contribution in [0.15, 0.2) is 0 Å². The molecule has 0 aliphatic carbocycles. The molecule has 504 valence electrons. The second-order valence-electron chi connectivity index (χ2n) is 22.1. The largest absolute Gasteiger partial charge is 0.394 e. The number of hydrogen-bond acceptors (Lipinski definition) is 35. The summed E-state index contributed by atoms with van der Waals surface area (Å²) < 4.78 is 76.2. The summed E-state index contributed by atoms with van der Waals surface area (Å²) in [6, 6.07) is -4.66. The van der Waals surface area contributed by atoms with Gasteiger partial charge in [0.15, 0.2) is 37.7 Å². The molecular weight excluding hydrogens is 1190 g/mol. The smallest absolute Gasteiger partial charge is 0.217 e. The van der Waals surface area contributed by atoms with Gasteiger partial charge >= 0.3 is 0 Å². The van der Waals surface area contributed by atoms with E-state index in [4.69, 9.17) is 61.6 Å². The van der Waals surface area contributed by atoms with Crippen LogP contribution in [-0.4, -0.2) is 376 Å². The number of amides is 3. The van der Waals surface area contributed by atoms with Crippen LogP contribution in [0.4, 0.5) is 0 Å². The van der Waals surface area contributed by atoms with Crippen LogP contribution in [0.25, 0.3) is 0 Å². The minimum absolute atomic E-state index is 0.578. The monoisotopic (exact) mass is 1270 g/mol. The number of nitrogens with one attached hydrogen (secondary N) is 3. The molecule has 7 saturated heterocycles. The molecule has 0 saturated carbocycles. The Bertz CT molecular complexity index is 2180. The van der Waals surface area contributed by atoms with Gasteiger partial charge in [-0.15, -0.1) is 0 Å². The van der Waals surface area contributed by atoms with Gasteiger partial charge in [-0.05, 0) is 6.92 Å². The van der Waals surface area contributed by atoms with Gasteiger partial charge in [-0.1, -0.05) is 0 Å². The zero-order valence-corrected chi connectivity index (χ0v) is 47.2. The van der Waals surface area contributed by atoms with Crippen molar-refractivity contribution in [3.63, 3.8) is 0 Å². The van der Waals surface area contributed by atoms with E-state index in [9.17, 15) is 111 Å². The molecule has 38 heteroatoms. The summed E-state index contributed by atoms with van der Waals surface area (Å²) in [5, 5.41) is 214. The van der Waals surface area contributed by atoms with Crippen molar-refractivity contribution in [3.8, 4) is 0 Å². The van der Waals surface area contributed by atoms with E-state index >= 15 is 0 Å². The molecule has 0 spiro atoms. The Hall–Kier alpha value is -2.87. The van der Waals surface area contributed by atoms with Crippen LogP contribution >= 0.6 is 0 Å². The molecular formula is C49H83N3O35. The van der Waals surface area contributed by atoms with E-state index in [-0.39, 0.29) is 0 Å². The predicted molar refractivity (Wildman–Crippen MR) is 270 cm³/mol. The fourth-order valence-corrected chi connectivity index (χ4v) is 11.3. The second-order valence-corrected chi connectivity index (χ2v) is 22.1. The SMILES string of the molecule is CC(=O)NC1C(O)[C@H](O[C@@H]2OC(CO)[C@H](O)C(O)[C@@H]2O)[C@H](CO)O[C@H]1O[C@@H]1C(O)[C@H](O)C(CO)O[C@@H]1OCC1O[C@@H](O[C@@H]2C(CO)O[C@@H](O[C@@H]3C(CO)O[C@@H](C)[C@@H](NC(C)=O)C3O)[C@@H](NC(C)=O)C2O)C(O)C(O[C@H]2O[C@H](CO)[C@@H](O)C(O)C2O)[C@@H]1O. The molecule has 38 nitrogen and oxygen atoms in total. The van der Waals surface area contributed by atoms with Crippen LogP contribution in [-0.2, 0) is 76.0 Å². The standard InChI is InChI=1S/C49H83N3O35/c1-12-23(50-13(2)59)30(66)39(19(8-56)76-12)83-44-24(51-14(3)60)31(67)41(21(10-58)80-44)85-48-38(74)42(86-47-37(73)34(70)27(63)17(6-54)78-47)29(65)22(82-48)11-75-49-43(35(71)28(64)18(7-55)79-49)87-45-25(52-15(4)61)32(68)40(20(9-57)81-45)84-46-36(72)33(69)26(62)16(5-53)77-46/h12,16-49,53-58,62-74H,5-11H2,1-4H3,(H,50,59)(H,51,60)(H,52,61)/t12-,16?,17+,18?,19?,20-,21?,22?,23+,24-,25?,26-,27+,28+,29+,30?,31?,32?,33?,34?,35?,36-,37?,38?,39+,40+,41+,42?,43+,44-,45-,46-,47+,48-,49-/m0/s1. The van der Waals surface area contributed by atoms with Gasteiger partial charge in [0.1, 0.15) is 165 Å². The van der Waals surface area contributed by atoms with Crippen molar-refractivity contribution in [2.45, 2.75) is 242 Å². The Balaban J connectivity index is 1.17. The highest BCUT2D eigenvalue weighted by Crippen LogP contribution is 2.37. The number of rotatable bonds is 22. The molecule has 35 atom stereocenters. The fraction of sp³-hybridized carbons (Fsp3) is 0.939. The summed E-state index contributed by atoms with van der Waals surface area (Å²) in [6.07, 6.45) is -60.6. The molecule has 7 rings (SSSR count). The van der Waals surface area contributed by atoms with E-state index < -0.39 is 279 Å². The highest BCUT2D eigenvalue weighted by atomic mass is 16.8. The maximum absolute atomic E-state index is 12.7. The first-order valence-electron chi connectivity index (χ1n) is 27.9. The molecule has 15 unspecified atom stereocenters. The maximum Gasteiger partial charge on any atom is 0.217 e. The van der Waals surface area contributed by atoms with E-state index in [0.29, 0.717) is 0 Å². The zero-order chi connectivity index (χ0) is 64.2. The van der Waals surface area contributed by atoms with Crippen molar-refractivity contribution in [1.29, 1.82) is 0 Å². The van der Waals surface area contributed by atoms with Crippen molar-refractivity contribution < 1.29 is 173 Å². The molecule has 7 heterocycles. The van der Waals surface area contributed by atoms with Crippen LogP contribution in [0.2, 0.25) is 0 Å². The van der Waals surface area contributed by atoms with Crippen LogP contribution in [0.3, 0.4) is 0 Å². The van der Waals surface area contributed by atoms with Crippen LogP contribution < -0.4 is 16.0 Å². The molecule has 7 aliphatic rings. The predicted octanol–water partition coefficient (Wildman–Crippen LogP) is -14.8. The third-order valence-electron chi connectivity index (χ3n) is 16.0. The lowest BCUT2D eigenvalue weighted by Crippen LogP contribution is -2.70. The third-order valence-corrected chi connectivity index (χ3v) is 16.0. The van der Waals surface area contributed by atoms with E-state index in [1.165, 1.54) is 6.92 Å². The van der Waals surface area contributed by atoms with Gasteiger partial charge < -0.3 is 175 Å². The van der Waals surface area contributed by atoms with E-state index in [2.05, 4.69) is 16.0 Å². The highest BCUT2D eigenvalue weighted by Gasteiger charge is 2.58. The number of aliphatic hydroxyl groups excluding tert-OH is 19. The molecule has 0 radical (unpaired) electrons. The van der Waals surface area contributed by atoms with Crippen LogP contribution in [0, 0.1) is 0 Å². The first kappa shape index (κ1) is 71.6. The van der Waals surface area contributed by atoms with Gasteiger partial charge in [0.25, 0.3) is 0 Å². The molecule has 0 aromatic heterocycles. The van der Waals surface area contributed by atoms with Crippen molar-refractivity contribution in [2.75, 3.05) is 46.2 Å². The Morgan fingerprint density at radius 1 is 0.310 bits per heavy atom. The van der Waals surface area contributed by atoms with E-state index in [1.54, 1.807) is 0 Å². The molecule has 7 fully saturated rings. The summed E-state index contributed by atoms with van der Waals surface area (Å²) in [4.78, 5) is 37.5. The van der Waals surface area contributed by atoms with Crippen molar-refractivity contribution in [1.82, 2.24) is 16.0 Å². The highest BCUT2D eigenvalue weighted by molar-refractivity contribution is 5.74. The van der Waals surface area contributed by atoms with Crippen LogP contribution in [0.1, 0.15) is 27.7 Å². The average molecular weight is 1270 g/mol. The van der Waals surface area contributed by atoms with Crippen molar-refractivity contribution >= 4 is 17.7 Å². The summed E-state index contributed by atoms with van der Waals surface area (Å²) in [5.74, 6) is -2.27. The first-order chi connectivity index (χ1) is 41.1. The Kier molecular flexibility index (Phi) is 25.6. The summed E-state index contributed by atoms with van der Waals surface area (Å²) in [7, 11) is 0. The number of carbonyl (C=O) groups excluding carboxylic acids is 3. The van der Waals surface area contributed by atoms with Gasteiger partial charge in [0, 0.05) is 20.8 Å². The normalized spacial score (nSPS) is 48.9. The Labute approximate surface area is 494 Å². The number of hydrogen-bond donors (Lipinski definition) is 22. The summed E-state index contributed by atoms with van der Waals surface area (Å²) >= 11 is 0. The van der Waals surface area contributed by atoms with Gasteiger partial charge in [-0.2, -0.15) is 0 Å². The molecule has 3 amide bonds. The molecule has 22 N–H and O–H groups in total. The lowest BCUT2D eigenvalue weighted by molar-refractivity contribution is -0.388.